The predicted octanol–water partition coefficient (Wildman–Crippen LogP) is 4.65. The molecule has 1 aromatic heterocycles. The van der Waals surface area contributed by atoms with Crippen LogP contribution in [0.5, 0.6) is 0 Å². The van der Waals surface area contributed by atoms with Crippen LogP contribution in [0.1, 0.15) is 24.0 Å². The zero-order valence-electron chi connectivity index (χ0n) is 17.4. The second-order valence-corrected chi connectivity index (χ2v) is 7.18. The fourth-order valence-corrected chi connectivity index (χ4v) is 2.94. The molecule has 0 unspecified atom stereocenters. The van der Waals surface area contributed by atoms with E-state index in [9.17, 15) is 22.8 Å². The average molecular weight is 458 g/mol. The first-order valence-corrected chi connectivity index (χ1v) is 10.0. The third kappa shape index (κ3) is 7.06. The number of carboxylic acids is 1. The number of carboxylic acid groups (broad SMARTS) is 1. The van der Waals surface area contributed by atoms with Gasteiger partial charge >= 0.3 is 12.1 Å². The maximum Gasteiger partial charge on any atom is 0.416 e. The molecule has 0 saturated carbocycles. The number of nitrogens with zero attached hydrogens (tertiary/aromatic N) is 1. The smallest absolute Gasteiger partial charge is 0.416 e. The number of aromatic nitrogens is 1. The summed E-state index contributed by atoms with van der Waals surface area (Å²) in [4.78, 5) is 26.9. The molecule has 172 valence electrons. The number of carbonyl (C=O) groups is 2. The van der Waals surface area contributed by atoms with Gasteiger partial charge in [-0.1, -0.05) is 30.4 Å². The molecule has 1 aliphatic carbocycles. The topological polar surface area (TPSA) is 88.5 Å². The molecule has 0 atom stereocenters. The molecule has 1 aromatic carbocycles. The van der Waals surface area contributed by atoms with Gasteiger partial charge < -0.3 is 15.2 Å². The van der Waals surface area contributed by atoms with E-state index in [1.807, 2.05) is 0 Å². The first-order chi connectivity index (χ1) is 15.7. The van der Waals surface area contributed by atoms with Gasteiger partial charge in [-0.05, 0) is 30.4 Å². The summed E-state index contributed by atoms with van der Waals surface area (Å²) in [7, 11) is 0. The van der Waals surface area contributed by atoms with E-state index in [1.54, 1.807) is 42.6 Å². The maximum atomic E-state index is 12.7. The van der Waals surface area contributed by atoms with Gasteiger partial charge in [-0.25, -0.2) is 0 Å². The third-order valence-corrected chi connectivity index (χ3v) is 4.71. The van der Waals surface area contributed by atoms with Crippen molar-refractivity contribution in [2.75, 3.05) is 6.54 Å². The molecule has 33 heavy (non-hydrogen) atoms. The summed E-state index contributed by atoms with van der Waals surface area (Å²) in [5.74, 6) is -0.724. The highest BCUT2D eigenvalue weighted by atomic mass is 19.4. The van der Waals surface area contributed by atoms with Gasteiger partial charge in [0.2, 0.25) is 0 Å². The van der Waals surface area contributed by atoms with Crippen molar-refractivity contribution in [3.05, 3.63) is 89.4 Å². The van der Waals surface area contributed by atoms with Gasteiger partial charge in [0.1, 0.15) is 12.4 Å². The van der Waals surface area contributed by atoms with Crippen LogP contribution in [0.15, 0.2) is 78.2 Å². The number of carbonyl (C=O) groups excluding carboxylic acids is 1. The zero-order chi connectivity index (χ0) is 23.8. The summed E-state index contributed by atoms with van der Waals surface area (Å²) in [6.45, 7) is 0.274. The molecule has 0 radical (unpaired) electrons. The number of ether oxygens (including phenoxy) is 1. The van der Waals surface area contributed by atoms with Crippen LogP contribution in [0.25, 0.3) is 11.3 Å². The van der Waals surface area contributed by atoms with Crippen molar-refractivity contribution in [2.45, 2.75) is 25.6 Å². The molecule has 0 bridgehead atoms. The highest BCUT2D eigenvalue weighted by molar-refractivity contribution is 5.96. The Balaban J connectivity index is 1.56. The molecule has 0 aliphatic heterocycles. The zero-order valence-corrected chi connectivity index (χ0v) is 17.4. The number of aliphatic carboxylic acids is 1. The second kappa shape index (κ2) is 10.6. The van der Waals surface area contributed by atoms with E-state index in [2.05, 4.69) is 10.3 Å². The lowest BCUT2D eigenvalue weighted by atomic mass is 10.1. The van der Waals surface area contributed by atoms with E-state index < -0.39 is 17.7 Å². The Bertz CT molecular complexity index is 1090. The quantitative estimate of drug-likeness (QED) is 0.602. The van der Waals surface area contributed by atoms with Crippen molar-refractivity contribution in [2.24, 2.45) is 0 Å². The van der Waals surface area contributed by atoms with Gasteiger partial charge in [0, 0.05) is 35.9 Å². The minimum absolute atomic E-state index is 0.0435. The van der Waals surface area contributed by atoms with Gasteiger partial charge in [0.25, 0.3) is 5.91 Å². The second-order valence-electron chi connectivity index (χ2n) is 7.18. The average Bonchev–Trinajstić information content (AvgIpc) is 3.03. The maximum absolute atomic E-state index is 12.7. The van der Waals surface area contributed by atoms with Gasteiger partial charge in [-0.15, -0.1) is 0 Å². The molecule has 0 saturated heterocycles. The number of nitrogens with one attached hydrogen (secondary N) is 1. The number of alkyl halides is 3. The fourth-order valence-electron chi connectivity index (χ4n) is 2.94. The summed E-state index contributed by atoms with van der Waals surface area (Å²) in [6, 6.07) is 8.30. The largest absolute Gasteiger partial charge is 0.493 e. The lowest BCUT2D eigenvalue weighted by Gasteiger charge is -2.09. The van der Waals surface area contributed by atoms with Crippen molar-refractivity contribution < 1.29 is 32.6 Å². The van der Waals surface area contributed by atoms with Crippen molar-refractivity contribution in [1.82, 2.24) is 10.3 Å². The Hall–Kier alpha value is -3.88. The highest BCUT2D eigenvalue weighted by Gasteiger charge is 2.30. The molecule has 1 heterocycles. The lowest BCUT2D eigenvalue weighted by Crippen LogP contribution is -2.26. The number of pyridine rings is 1. The number of amides is 1. The summed E-state index contributed by atoms with van der Waals surface area (Å²) >= 11 is 0. The number of allylic oxidation sites excluding steroid dienone is 3. The van der Waals surface area contributed by atoms with Crippen LogP contribution in [0.2, 0.25) is 0 Å². The summed E-state index contributed by atoms with van der Waals surface area (Å²) in [6.07, 6.45) is 4.22. The van der Waals surface area contributed by atoms with Gasteiger partial charge in [-0.2, -0.15) is 13.2 Å². The Morgan fingerprint density at radius 2 is 1.85 bits per heavy atom. The SMILES string of the molecule is O=C(O)CCNC(=O)C1=CC=C(OCc2ccc(-c3ccc(C(F)(F)F)cc3)nc2)CC=C1. The van der Waals surface area contributed by atoms with Crippen molar-refractivity contribution >= 4 is 11.9 Å². The molecular formula is C24H21F3N2O4. The van der Waals surface area contributed by atoms with Crippen LogP contribution >= 0.6 is 0 Å². The van der Waals surface area contributed by atoms with Crippen molar-refractivity contribution in [3.8, 4) is 11.3 Å². The molecule has 2 aromatic rings. The summed E-state index contributed by atoms with van der Waals surface area (Å²) in [5, 5.41) is 11.2. The van der Waals surface area contributed by atoms with Crippen LogP contribution in [0.3, 0.4) is 0 Å². The third-order valence-electron chi connectivity index (χ3n) is 4.71. The summed E-state index contributed by atoms with van der Waals surface area (Å²) < 4.78 is 43.9. The number of rotatable bonds is 8. The summed E-state index contributed by atoms with van der Waals surface area (Å²) in [5.41, 5.74) is 1.57. The van der Waals surface area contributed by atoms with E-state index in [1.165, 1.54) is 12.1 Å². The van der Waals surface area contributed by atoms with E-state index in [-0.39, 0.29) is 25.5 Å². The fraction of sp³-hybridized carbons (Fsp3) is 0.208. The van der Waals surface area contributed by atoms with E-state index in [4.69, 9.17) is 9.84 Å². The predicted molar refractivity (Wildman–Crippen MR) is 115 cm³/mol. The standard InChI is InChI=1S/C24H21F3N2O4/c25-24(26,27)19-8-5-17(6-9-19)21-11-4-16(14-29-21)15-33-20-3-1-2-18(7-10-20)23(32)28-13-12-22(30)31/h1-2,4-11,14H,3,12-13,15H2,(H,28,32)(H,30,31). The Kier molecular flexibility index (Phi) is 7.66. The molecule has 2 N–H and O–H groups in total. The molecular weight excluding hydrogens is 437 g/mol. The van der Waals surface area contributed by atoms with Crippen LogP contribution in [0.4, 0.5) is 13.2 Å². The van der Waals surface area contributed by atoms with Gasteiger partial charge in [0.05, 0.1) is 17.7 Å². The molecule has 1 aliphatic rings. The highest BCUT2D eigenvalue weighted by Crippen LogP contribution is 2.30. The van der Waals surface area contributed by atoms with E-state index in [0.717, 1.165) is 17.7 Å². The van der Waals surface area contributed by atoms with Crippen LogP contribution in [0, 0.1) is 0 Å². The van der Waals surface area contributed by atoms with Crippen LogP contribution < -0.4 is 5.32 Å². The van der Waals surface area contributed by atoms with Gasteiger partial charge in [0.15, 0.2) is 0 Å². The lowest BCUT2D eigenvalue weighted by molar-refractivity contribution is -0.138. The first-order valence-electron chi connectivity index (χ1n) is 10.0. The normalized spacial score (nSPS) is 13.5. The minimum Gasteiger partial charge on any atom is -0.493 e. The molecule has 6 nitrogen and oxygen atoms in total. The molecule has 9 heteroatoms. The number of hydrogen-bond donors (Lipinski definition) is 2. The first kappa shape index (κ1) is 23.8. The minimum atomic E-state index is -4.38. The number of benzene rings is 1. The Labute approximate surface area is 188 Å². The Morgan fingerprint density at radius 1 is 1.09 bits per heavy atom. The Morgan fingerprint density at radius 3 is 2.48 bits per heavy atom. The van der Waals surface area contributed by atoms with Gasteiger partial charge in [-0.3, -0.25) is 14.6 Å². The monoisotopic (exact) mass is 458 g/mol. The molecule has 1 amide bonds. The molecule has 0 fully saturated rings. The van der Waals surface area contributed by atoms with Crippen molar-refractivity contribution in [1.29, 1.82) is 0 Å². The van der Waals surface area contributed by atoms with Crippen LogP contribution in [-0.2, 0) is 27.1 Å². The number of hydrogen-bond acceptors (Lipinski definition) is 4. The van der Waals surface area contributed by atoms with Crippen LogP contribution in [-0.4, -0.2) is 28.5 Å². The van der Waals surface area contributed by atoms with E-state index in [0.29, 0.717) is 29.0 Å². The van der Waals surface area contributed by atoms with Crippen molar-refractivity contribution in [3.63, 3.8) is 0 Å². The van der Waals surface area contributed by atoms with E-state index >= 15 is 0 Å². The molecule has 0 spiro atoms. The molecule has 3 rings (SSSR count). The number of halogens is 3.